The smallest absolute Gasteiger partial charge is 0.143 e. The summed E-state index contributed by atoms with van der Waals surface area (Å²) in [6.07, 6.45) is 6.53. The van der Waals surface area contributed by atoms with Crippen molar-refractivity contribution in [2.45, 2.75) is 12.3 Å². The summed E-state index contributed by atoms with van der Waals surface area (Å²) in [5, 5.41) is 2.71. The van der Waals surface area contributed by atoms with Crippen LogP contribution in [-0.2, 0) is 5.41 Å². The van der Waals surface area contributed by atoms with Crippen molar-refractivity contribution in [3.8, 4) is 11.1 Å². The van der Waals surface area contributed by atoms with Gasteiger partial charge in [0.05, 0.1) is 5.41 Å². The number of para-hydroxylation sites is 1. The summed E-state index contributed by atoms with van der Waals surface area (Å²) in [5.74, 6) is -0.409. The largest absolute Gasteiger partial charge is 0.455 e. The van der Waals surface area contributed by atoms with Gasteiger partial charge in [0.1, 0.15) is 17.0 Å². The highest BCUT2D eigenvalue weighted by Gasteiger charge is 2.53. The van der Waals surface area contributed by atoms with Gasteiger partial charge in [0.2, 0.25) is 0 Å². The molecule has 170 valence electrons. The molecular weight excluding hydrogens is 455 g/mol. The molecule has 0 saturated heterocycles. The van der Waals surface area contributed by atoms with Gasteiger partial charge >= 0.3 is 0 Å². The highest BCUT2D eigenvalue weighted by Crippen LogP contribution is 2.64. The zero-order valence-electron chi connectivity index (χ0n) is 19.3. The minimum atomic E-state index is -0.807. The van der Waals surface area contributed by atoms with Gasteiger partial charge in [-0.2, -0.15) is 0 Å². The predicted molar refractivity (Wildman–Crippen MR) is 144 cm³/mol. The van der Waals surface area contributed by atoms with E-state index in [-0.39, 0.29) is 0 Å². The van der Waals surface area contributed by atoms with Crippen LogP contribution in [0.2, 0.25) is 5.02 Å². The van der Waals surface area contributed by atoms with Crippen LogP contribution in [0.15, 0.2) is 131 Å². The molecule has 0 amide bonds. The van der Waals surface area contributed by atoms with Crippen LogP contribution < -0.4 is 0 Å². The van der Waals surface area contributed by atoms with Gasteiger partial charge in [-0.05, 0) is 76.3 Å². The first kappa shape index (κ1) is 21.6. The monoisotopic (exact) mass is 476 g/mol. The van der Waals surface area contributed by atoms with E-state index in [9.17, 15) is 4.39 Å². The van der Waals surface area contributed by atoms with E-state index in [2.05, 4.69) is 37.9 Å². The quantitative estimate of drug-likeness (QED) is 0.268. The van der Waals surface area contributed by atoms with Gasteiger partial charge in [0, 0.05) is 21.4 Å². The molecule has 0 fully saturated rings. The molecule has 1 heterocycles. The summed E-state index contributed by atoms with van der Waals surface area (Å²) < 4.78 is 21.3. The van der Waals surface area contributed by atoms with Crippen LogP contribution in [0.25, 0.3) is 33.1 Å². The first-order valence-electron chi connectivity index (χ1n) is 11.4. The first-order chi connectivity index (χ1) is 16.9. The minimum absolute atomic E-state index is 0.409. The maximum Gasteiger partial charge on any atom is 0.143 e. The third-order valence-corrected chi connectivity index (χ3v) is 7.59. The average Bonchev–Trinajstić information content (AvgIpc) is 3.44. The van der Waals surface area contributed by atoms with E-state index in [1.165, 1.54) is 6.08 Å². The third kappa shape index (κ3) is 2.69. The van der Waals surface area contributed by atoms with Crippen LogP contribution in [0.4, 0.5) is 4.39 Å². The number of halogens is 2. The number of benzene rings is 3. The first-order valence-corrected chi connectivity index (χ1v) is 11.8. The van der Waals surface area contributed by atoms with Gasteiger partial charge in [-0.25, -0.2) is 4.39 Å². The van der Waals surface area contributed by atoms with E-state index < -0.39 is 11.2 Å². The molecule has 2 aliphatic rings. The normalized spacial score (nSPS) is 20.4. The van der Waals surface area contributed by atoms with Crippen LogP contribution in [0.5, 0.6) is 0 Å². The second-order valence-corrected chi connectivity index (χ2v) is 9.41. The fourth-order valence-corrected chi connectivity index (χ4v) is 6.09. The topological polar surface area (TPSA) is 13.1 Å². The van der Waals surface area contributed by atoms with Gasteiger partial charge in [-0.3, -0.25) is 0 Å². The minimum Gasteiger partial charge on any atom is -0.455 e. The Hall–Kier alpha value is -3.88. The van der Waals surface area contributed by atoms with Crippen molar-refractivity contribution in [1.29, 1.82) is 0 Å². The third-order valence-electron chi connectivity index (χ3n) is 7.36. The van der Waals surface area contributed by atoms with Gasteiger partial charge in [-0.1, -0.05) is 79.9 Å². The summed E-state index contributed by atoms with van der Waals surface area (Å²) in [6, 6.07) is 18.2. The molecule has 35 heavy (non-hydrogen) atoms. The Labute approximate surface area is 208 Å². The molecule has 0 aliphatic heterocycles. The number of fused-ring (bicyclic) bond motifs is 9. The number of hydrogen-bond donors (Lipinski definition) is 0. The molecule has 0 bridgehead atoms. The Kier molecular flexibility index (Phi) is 4.67. The van der Waals surface area contributed by atoms with Crippen LogP contribution in [0.3, 0.4) is 0 Å². The summed E-state index contributed by atoms with van der Waals surface area (Å²) in [6.45, 7) is 14.0. The lowest BCUT2D eigenvalue weighted by atomic mass is 9.69. The molecule has 1 spiro atoms. The molecule has 3 heteroatoms. The predicted octanol–water partition coefficient (Wildman–Crippen LogP) is 9.54. The fraction of sp³-hybridized carbons (Fsp3) is 0.0625. The standard InChI is InChI=1S/C32H22ClFO/c1-5-9-25-18(3)19(4)27(17-21(34)6-2)32(25)26-15-14-23-22-10-7-8-11-29(22)35-31(23)30(26)24-13-12-20(33)16-28(24)32/h5-17H,1-3H2,4H3/b21-17+,25-9+. The van der Waals surface area contributed by atoms with Crippen molar-refractivity contribution in [1.82, 2.24) is 0 Å². The van der Waals surface area contributed by atoms with E-state index in [0.717, 1.165) is 66.5 Å². The van der Waals surface area contributed by atoms with Crippen LogP contribution >= 0.6 is 11.6 Å². The Balaban J connectivity index is 1.85. The SMILES string of the molecule is C=C/C=C1\C(=C)C(C)=C(/C=C(/F)C=C)C12c1cc(Cl)ccc1-c1c2ccc2c1oc1ccccc12. The molecule has 1 unspecified atom stereocenters. The van der Waals surface area contributed by atoms with Crippen molar-refractivity contribution in [3.63, 3.8) is 0 Å². The van der Waals surface area contributed by atoms with Crippen LogP contribution in [-0.4, -0.2) is 0 Å². The van der Waals surface area contributed by atoms with E-state index >= 15 is 0 Å². The lowest BCUT2D eigenvalue weighted by Gasteiger charge is -2.32. The number of hydrogen-bond acceptors (Lipinski definition) is 1. The number of allylic oxidation sites excluding steroid dienone is 9. The summed E-state index contributed by atoms with van der Waals surface area (Å²) >= 11 is 6.58. The van der Waals surface area contributed by atoms with Gasteiger partial charge in [0.25, 0.3) is 0 Å². The van der Waals surface area contributed by atoms with Crippen molar-refractivity contribution < 1.29 is 8.81 Å². The van der Waals surface area contributed by atoms with Crippen LogP contribution in [0, 0.1) is 0 Å². The molecule has 0 N–H and O–H groups in total. The highest BCUT2D eigenvalue weighted by atomic mass is 35.5. The molecule has 0 radical (unpaired) electrons. The van der Waals surface area contributed by atoms with Crippen molar-refractivity contribution in [2.24, 2.45) is 0 Å². The number of rotatable bonds is 3. The number of furan rings is 1. The zero-order chi connectivity index (χ0) is 24.5. The van der Waals surface area contributed by atoms with Gasteiger partial charge in [-0.15, -0.1) is 0 Å². The molecule has 1 aromatic heterocycles. The Bertz CT molecular complexity index is 1730. The molecular formula is C32H22ClFO. The zero-order valence-corrected chi connectivity index (χ0v) is 20.0. The summed E-state index contributed by atoms with van der Waals surface area (Å²) in [4.78, 5) is 0. The van der Waals surface area contributed by atoms with E-state index in [1.54, 1.807) is 12.2 Å². The van der Waals surface area contributed by atoms with Crippen molar-refractivity contribution in [2.75, 3.05) is 0 Å². The van der Waals surface area contributed by atoms with Crippen molar-refractivity contribution in [3.05, 3.63) is 143 Å². The van der Waals surface area contributed by atoms with Gasteiger partial charge < -0.3 is 4.42 Å². The molecule has 6 rings (SSSR count). The summed E-state index contributed by atoms with van der Waals surface area (Å²) in [5.41, 5.74) is 8.34. The molecule has 4 aromatic rings. The van der Waals surface area contributed by atoms with E-state index in [1.807, 2.05) is 49.4 Å². The summed E-state index contributed by atoms with van der Waals surface area (Å²) in [7, 11) is 0. The second-order valence-electron chi connectivity index (χ2n) is 8.97. The lowest BCUT2D eigenvalue weighted by molar-refractivity contribution is 0.660. The highest BCUT2D eigenvalue weighted by molar-refractivity contribution is 6.31. The molecule has 1 nitrogen and oxygen atoms in total. The molecule has 0 saturated carbocycles. The van der Waals surface area contributed by atoms with Gasteiger partial charge in [0.15, 0.2) is 0 Å². The Morgan fingerprint density at radius 2 is 1.83 bits per heavy atom. The lowest BCUT2D eigenvalue weighted by Crippen LogP contribution is -2.27. The maximum absolute atomic E-state index is 14.9. The average molecular weight is 477 g/mol. The molecule has 2 aliphatic carbocycles. The maximum atomic E-state index is 14.9. The Morgan fingerprint density at radius 1 is 1.03 bits per heavy atom. The Morgan fingerprint density at radius 3 is 2.60 bits per heavy atom. The second kappa shape index (κ2) is 7.56. The molecule has 3 aromatic carbocycles. The molecule has 1 atom stereocenters. The van der Waals surface area contributed by atoms with Crippen LogP contribution in [0.1, 0.15) is 18.1 Å². The van der Waals surface area contributed by atoms with Crippen molar-refractivity contribution >= 4 is 33.5 Å². The van der Waals surface area contributed by atoms with E-state index in [0.29, 0.717) is 5.02 Å². The van der Waals surface area contributed by atoms with E-state index in [4.69, 9.17) is 16.0 Å². The fourth-order valence-electron chi connectivity index (χ4n) is 5.91.